The van der Waals surface area contributed by atoms with Crippen LogP contribution in [-0.2, 0) is 13.0 Å². The van der Waals surface area contributed by atoms with Crippen molar-refractivity contribution in [2.45, 2.75) is 26.8 Å². The molecule has 1 rings (SSSR count). The number of hydrogen-bond acceptors (Lipinski definition) is 2. The van der Waals surface area contributed by atoms with Gasteiger partial charge in [-0.1, -0.05) is 6.92 Å². The normalized spacial score (nSPS) is 13.2. The van der Waals surface area contributed by atoms with E-state index < -0.39 is 0 Å². The fourth-order valence-electron chi connectivity index (χ4n) is 1.15. The van der Waals surface area contributed by atoms with E-state index in [1.54, 1.807) is 0 Å². The minimum atomic E-state index is 0.247. The lowest BCUT2D eigenvalue weighted by Gasteiger charge is -2.03. The van der Waals surface area contributed by atoms with Gasteiger partial charge in [0.1, 0.15) is 0 Å². The Bertz CT molecular complexity index is 232. The van der Waals surface area contributed by atoms with Crippen LogP contribution in [0.5, 0.6) is 0 Å². The molecule has 0 spiro atoms. The number of rotatable bonds is 4. The predicted molar refractivity (Wildman–Crippen MR) is 47.9 cm³/mol. The Morgan fingerprint density at radius 2 is 2.42 bits per heavy atom. The van der Waals surface area contributed by atoms with E-state index in [9.17, 15) is 0 Å². The summed E-state index contributed by atoms with van der Waals surface area (Å²) in [6.07, 6.45) is 4.82. The molecule has 0 aromatic carbocycles. The summed E-state index contributed by atoms with van der Waals surface area (Å²) in [5.74, 6) is 0.333. The molecule has 0 saturated heterocycles. The summed E-state index contributed by atoms with van der Waals surface area (Å²) in [5, 5.41) is 13.0. The van der Waals surface area contributed by atoms with Crippen molar-refractivity contribution >= 4 is 0 Å². The summed E-state index contributed by atoms with van der Waals surface area (Å²) in [7, 11) is 0. The van der Waals surface area contributed by atoms with Gasteiger partial charge >= 0.3 is 0 Å². The summed E-state index contributed by atoms with van der Waals surface area (Å²) >= 11 is 0. The minimum Gasteiger partial charge on any atom is -0.396 e. The molecule has 3 heteroatoms. The molecule has 0 saturated carbocycles. The second kappa shape index (κ2) is 4.26. The molecule has 1 aromatic heterocycles. The Hall–Kier alpha value is -0.830. The largest absolute Gasteiger partial charge is 0.396 e. The van der Waals surface area contributed by atoms with E-state index in [2.05, 4.69) is 12.0 Å². The molecule has 1 heterocycles. The molecule has 0 radical (unpaired) electrons. The Kier molecular flexibility index (Phi) is 3.29. The molecule has 0 aliphatic heterocycles. The van der Waals surface area contributed by atoms with Crippen molar-refractivity contribution in [1.29, 1.82) is 0 Å². The smallest absolute Gasteiger partial charge is 0.0521 e. The van der Waals surface area contributed by atoms with Gasteiger partial charge in [-0.2, -0.15) is 5.10 Å². The van der Waals surface area contributed by atoms with E-state index in [-0.39, 0.29) is 6.61 Å². The van der Waals surface area contributed by atoms with Crippen molar-refractivity contribution in [3.63, 3.8) is 0 Å². The Balaban J connectivity index is 2.52. The first-order chi connectivity index (χ1) is 5.76. The number of aliphatic hydroxyl groups is 1. The lowest BCUT2D eigenvalue weighted by atomic mass is 10.1. The van der Waals surface area contributed by atoms with Gasteiger partial charge in [0.25, 0.3) is 0 Å². The maximum atomic E-state index is 8.83. The molecule has 0 aliphatic rings. The summed E-state index contributed by atoms with van der Waals surface area (Å²) < 4.78 is 1.90. The number of aryl methyl sites for hydroxylation is 1. The maximum Gasteiger partial charge on any atom is 0.0521 e. The van der Waals surface area contributed by atoms with Crippen LogP contribution >= 0.6 is 0 Å². The molecule has 0 amide bonds. The highest BCUT2D eigenvalue weighted by atomic mass is 16.3. The van der Waals surface area contributed by atoms with E-state index in [0.29, 0.717) is 5.92 Å². The van der Waals surface area contributed by atoms with E-state index in [4.69, 9.17) is 5.11 Å². The molecular weight excluding hydrogens is 152 g/mol. The van der Waals surface area contributed by atoms with Crippen molar-refractivity contribution in [1.82, 2.24) is 9.78 Å². The van der Waals surface area contributed by atoms with Crippen LogP contribution in [0.4, 0.5) is 0 Å². The monoisotopic (exact) mass is 168 g/mol. The van der Waals surface area contributed by atoms with Crippen LogP contribution in [0.1, 0.15) is 19.4 Å². The predicted octanol–water partition coefficient (Wildman–Crippen LogP) is 1.07. The van der Waals surface area contributed by atoms with Gasteiger partial charge in [-0.3, -0.25) is 4.68 Å². The quantitative estimate of drug-likeness (QED) is 0.730. The SMILES string of the molecule is CCn1cc(CC(C)CO)cn1. The van der Waals surface area contributed by atoms with Crippen LogP contribution in [0.3, 0.4) is 0 Å². The van der Waals surface area contributed by atoms with Gasteiger partial charge in [-0.05, 0) is 24.8 Å². The maximum absolute atomic E-state index is 8.83. The fraction of sp³-hybridized carbons (Fsp3) is 0.667. The van der Waals surface area contributed by atoms with Crippen LogP contribution in [0.2, 0.25) is 0 Å². The zero-order valence-corrected chi connectivity index (χ0v) is 7.70. The first-order valence-corrected chi connectivity index (χ1v) is 4.38. The Labute approximate surface area is 73.0 Å². The summed E-state index contributed by atoms with van der Waals surface area (Å²) in [6, 6.07) is 0. The standard InChI is InChI=1S/C9H16N2O/c1-3-11-6-9(5-10-11)4-8(2)7-12/h5-6,8,12H,3-4,7H2,1-2H3. The number of hydrogen-bond donors (Lipinski definition) is 1. The minimum absolute atomic E-state index is 0.247. The van der Waals surface area contributed by atoms with Gasteiger partial charge in [0.15, 0.2) is 0 Å². The van der Waals surface area contributed by atoms with E-state index in [1.165, 1.54) is 5.56 Å². The van der Waals surface area contributed by atoms with Crippen LogP contribution in [0.25, 0.3) is 0 Å². The summed E-state index contributed by atoms with van der Waals surface area (Å²) in [4.78, 5) is 0. The molecule has 1 atom stereocenters. The third kappa shape index (κ3) is 2.34. The second-order valence-electron chi connectivity index (χ2n) is 3.20. The van der Waals surface area contributed by atoms with Gasteiger partial charge in [0.2, 0.25) is 0 Å². The lowest BCUT2D eigenvalue weighted by Crippen LogP contribution is -2.03. The molecule has 0 bridgehead atoms. The van der Waals surface area contributed by atoms with E-state index in [0.717, 1.165) is 13.0 Å². The first-order valence-electron chi connectivity index (χ1n) is 4.38. The van der Waals surface area contributed by atoms with Gasteiger partial charge < -0.3 is 5.11 Å². The fourth-order valence-corrected chi connectivity index (χ4v) is 1.15. The van der Waals surface area contributed by atoms with Crippen LogP contribution in [-0.4, -0.2) is 21.5 Å². The van der Waals surface area contributed by atoms with E-state index >= 15 is 0 Å². The number of nitrogens with zero attached hydrogens (tertiary/aromatic N) is 2. The van der Waals surface area contributed by atoms with Crippen molar-refractivity contribution in [3.8, 4) is 0 Å². The van der Waals surface area contributed by atoms with Gasteiger partial charge in [-0.15, -0.1) is 0 Å². The van der Waals surface area contributed by atoms with E-state index in [1.807, 2.05) is 24.0 Å². The zero-order chi connectivity index (χ0) is 8.97. The van der Waals surface area contributed by atoms with Crippen molar-refractivity contribution in [2.24, 2.45) is 5.92 Å². The molecule has 1 N–H and O–H groups in total. The van der Waals surface area contributed by atoms with Crippen molar-refractivity contribution < 1.29 is 5.11 Å². The summed E-state index contributed by atoms with van der Waals surface area (Å²) in [5.41, 5.74) is 1.21. The van der Waals surface area contributed by atoms with Crippen molar-refractivity contribution in [2.75, 3.05) is 6.61 Å². The van der Waals surface area contributed by atoms with Crippen LogP contribution in [0, 0.1) is 5.92 Å². The second-order valence-corrected chi connectivity index (χ2v) is 3.20. The van der Waals surface area contributed by atoms with Crippen molar-refractivity contribution in [3.05, 3.63) is 18.0 Å². The van der Waals surface area contributed by atoms with Crippen LogP contribution < -0.4 is 0 Å². The number of aliphatic hydroxyl groups excluding tert-OH is 1. The lowest BCUT2D eigenvalue weighted by molar-refractivity contribution is 0.237. The highest BCUT2D eigenvalue weighted by Crippen LogP contribution is 2.06. The molecule has 68 valence electrons. The average Bonchev–Trinajstić information content (AvgIpc) is 2.52. The van der Waals surface area contributed by atoms with Gasteiger partial charge in [-0.25, -0.2) is 0 Å². The van der Waals surface area contributed by atoms with Gasteiger partial charge in [0, 0.05) is 19.3 Å². The summed E-state index contributed by atoms with van der Waals surface area (Å²) in [6.45, 7) is 5.25. The molecule has 1 unspecified atom stereocenters. The Morgan fingerprint density at radius 1 is 1.67 bits per heavy atom. The van der Waals surface area contributed by atoms with Crippen LogP contribution in [0.15, 0.2) is 12.4 Å². The molecule has 12 heavy (non-hydrogen) atoms. The molecular formula is C9H16N2O. The topological polar surface area (TPSA) is 38.0 Å². The average molecular weight is 168 g/mol. The first kappa shape index (κ1) is 9.26. The molecule has 1 aromatic rings. The molecule has 3 nitrogen and oxygen atoms in total. The Morgan fingerprint density at radius 3 is 2.92 bits per heavy atom. The molecule has 0 aliphatic carbocycles. The third-order valence-corrected chi connectivity index (χ3v) is 1.91. The highest BCUT2D eigenvalue weighted by Gasteiger charge is 2.03. The third-order valence-electron chi connectivity index (χ3n) is 1.91. The van der Waals surface area contributed by atoms with Gasteiger partial charge in [0.05, 0.1) is 6.20 Å². The molecule has 0 fully saturated rings. The highest BCUT2D eigenvalue weighted by molar-refractivity contribution is 5.04. The zero-order valence-electron chi connectivity index (χ0n) is 7.70. The number of aromatic nitrogens is 2.